The molecular weight excluding hydrogens is 360 g/mol. The van der Waals surface area contributed by atoms with Crippen molar-refractivity contribution < 1.29 is 13.2 Å². The Morgan fingerprint density at radius 1 is 1.00 bits per heavy atom. The number of nitrogens with one attached hydrogen (secondary N) is 2. The topological polar surface area (TPSA) is 75.3 Å². The van der Waals surface area contributed by atoms with Crippen LogP contribution >= 0.6 is 0 Å². The summed E-state index contributed by atoms with van der Waals surface area (Å²) in [6.45, 7) is 0.547. The predicted octanol–water partition coefficient (Wildman–Crippen LogP) is 3.27. The first-order valence-corrected chi connectivity index (χ1v) is 11.0. The van der Waals surface area contributed by atoms with Gasteiger partial charge in [0.25, 0.3) is 5.91 Å². The third-order valence-electron chi connectivity index (χ3n) is 4.85. The van der Waals surface area contributed by atoms with E-state index in [0.29, 0.717) is 12.1 Å². The molecule has 0 unspecified atom stereocenters. The maximum atomic E-state index is 12.5. The molecule has 0 saturated heterocycles. The summed E-state index contributed by atoms with van der Waals surface area (Å²) in [6, 6.07) is 16.3. The van der Waals surface area contributed by atoms with Gasteiger partial charge in [0.15, 0.2) is 0 Å². The molecule has 0 bridgehead atoms. The first kappa shape index (κ1) is 19.6. The van der Waals surface area contributed by atoms with Crippen LogP contribution in [0.3, 0.4) is 0 Å². The average Bonchev–Trinajstić information content (AvgIpc) is 3.18. The van der Waals surface area contributed by atoms with Gasteiger partial charge in [0.1, 0.15) is 0 Å². The van der Waals surface area contributed by atoms with Crippen LogP contribution in [0.4, 0.5) is 0 Å². The zero-order chi connectivity index (χ0) is 19.1. The average molecular weight is 387 g/mol. The van der Waals surface area contributed by atoms with Crippen LogP contribution in [0.25, 0.3) is 0 Å². The Labute approximate surface area is 161 Å². The summed E-state index contributed by atoms with van der Waals surface area (Å²) in [5, 5.41) is 2.87. The van der Waals surface area contributed by atoms with E-state index in [1.807, 2.05) is 18.2 Å². The van der Waals surface area contributed by atoms with Crippen LogP contribution in [0.5, 0.6) is 0 Å². The maximum absolute atomic E-state index is 12.5. The largest absolute Gasteiger partial charge is 0.352 e. The van der Waals surface area contributed by atoms with Crippen LogP contribution in [-0.2, 0) is 16.4 Å². The fraction of sp³-hybridized carbons (Fsp3) is 0.381. The third-order valence-corrected chi connectivity index (χ3v) is 6.37. The first-order chi connectivity index (χ1) is 13.0. The lowest BCUT2D eigenvalue weighted by molar-refractivity contribution is 0.0953. The highest BCUT2D eigenvalue weighted by Crippen LogP contribution is 2.20. The van der Waals surface area contributed by atoms with E-state index in [1.54, 1.807) is 12.1 Å². The van der Waals surface area contributed by atoms with E-state index in [1.165, 1.54) is 17.7 Å². The van der Waals surface area contributed by atoms with Crippen LogP contribution < -0.4 is 10.0 Å². The molecule has 27 heavy (non-hydrogen) atoms. The van der Waals surface area contributed by atoms with Gasteiger partial charge in [0.2, 0.25) is 10.0 Å². The number of sulfonamides is 1. The summed E-state index contributed by atoms with van der Waals surface area (Å²) in [4.78, 5) is 12.5. The van der Waals surface area contributed by atoms with E-state index in [9.17, 15) is 13.2 Å². The lowest BCUT2D eigenvalue weighted by Crippen LogP contribution is -2.33. The van der Waals surface area contributed by atoms with Gasteiger partial charge in [-0.3, -0.25) is 4.79 Å². The number of carbonyl (C=O) groups excluding carboxylic acids is 1. The van der Waals surface area contributed by atoms with Gasteiger partial charge in [-0.15, -0.1) is 0 Å². The minimum absolute atomic E-state index is 0.00506. The van der Waals surface area contributed by atoms with Crippen molar-refractivity contribution in [3.63, 3.8) is 0 Å². The van der Waals surface area contributed by atoms with Gasteiger partial charge in [-0.25, -0.2) is 13.1 Å². The molecule has 2 aromatic rings. The van der Waals surface area contributed by atoms with E-state index in [2.05, 4.69) is 22.2 Å². The summed E-state index contributed by atoms with van der Waals surface area (Å²) in [5.41, 5.74) is 1.60. The van der Waals surface area contributed by atoms with Crippen molar-refractivity contribution in [2.24, 2.45) is 0 Å². The highest BCUT2D eigenvalue weighted by atomic mass is 32.2. The zero-order valence-corrected chi connectivity index (χ0v) is 16.2. The van der Waals surface area contributed by atoms with Crippen molar-refractivity contribution in [3.05, 3.63) is 65.7 Å². The quantitative estimate of drug-likeness (QED) is 0.684. The molecule has 1 aliphatic rings. The molecule has 6 heteroatoms. The molecule has 1 amide bonds. The maximum Gasteiger partial charge on any atom is 0.251 e. The lowest BCUT2D eigenvalue weighted by atomic mass is 10.1. The highest BCUT2D eigenvalue weighted by Gasteiger charge is 2.23. The number of benzene rings is 2. The van der Waals surface area contributed by atoms with Gasteiger partial charge in [0.05, 0.1) is 4.90 Å². The summed E-state index contributed by atoms with van der Waals surface area (Å²) < 4.78 is 27.8. The molecule has 1 saturated carbocycles. The molecule has 3 rings (SSSR count). The van der Waals surface area contributed by atoms with E-state index >= 15 is 0 Å². The van der Waals surface area contributed by atoms with Crippen LogP contribution in [-0.4, -0.2) is 26.9 Å². The van der Waals surface area contributed by atoms with E-state index < -0.39 is 10.0 Å². The smallest absolute Gasteiger partial charge is 0.251 e. The van der Waals surface area contributed by atoms with E-state index in [4.69, 9.17) is 0 Å². The highest BCUT2D eigenvalue weighted by molar-refractivity contribution is 7.89. The standard InChI is InChI=1S/C21H26N2O3S/c24-21(22-15-7-10-17-8-2-1-3-9-17)18-11-6-14-20(16-18)27(25,26)23-19-12-4-5-13-19/h1-3,6,8-9,11,14,16,19,23H,4-5,7,10,12-13,15H2,(H,22,24). The Hall–Kier alpha value is -2.18. The Bertz CT molecular complexity index is 860. The van der Waals surface area contributed by atoms with Crippen LogP contribution in [0.2, 0.25) is 0 Å². The molecule has 1 fully saturated rings. The van der Waals surface area contributed by atoms with Crippen molar-refractivity contribution >= 4 is 15.9 Å². The second-order valence-corrected chi connectivity index (χ2v) is 8.69. The van der Waals surface area contributed by atoms with Crippen molar-refractivity contribution in [2.45, 2.75) is 49.5 Å². The third kappa shape index (κ3) is 5.65. The summed E-state index contributed by atoms with van der Waals surface area (Å²) in [5.74, 6) is -0.249. The number of carbonyl (C=O) groups is 1. The molecular formula is C21H26N2O3S. The van der Waals surface area contributed by atoms with Crippen LogP contribution in [0.1, 0.15) is 48.0 Å². The van der Waals surface area contributed by atoms with Crippen molar-refractivity contribution in [1.82, 2.24) is 10.0 Å². The second kappa shape index (κ2) is 9.15. The Kier molecular flexibility index (Phi) is 6.63. The number of hydrogen-bond donors (Lipinski definition) is 2. The van der Waals surface area contributed by atoms with Gasteiger partial charge in [-0.05, 0) is 49.4 Å². The number of aryl methyl sites for hydroxylation is 1. The van der Waals surface area contributed by atoms with Gasteiger partial charge >= 0.3 is 0 Å². The molecule has 5 nitrogen and oxygen atoms in total. The summed E-state index contributed by atoms with van der Waals surface area (Å²) in [6.07, 6.45) is 5.58. The Morgan fingerprint density at radius 2 is 1.74 bits per heavy atom. The van der Waals surface area contributed by atoms with Crippen molar-refractivity contribution in [1.29, 1.82) is 0 Å². The molecule has 144 valence electrons. The molecule has 0 aromatic heterocycles. The Balaban J connectivity index is 1.55. The monoisotopic (exact) mass is 386 g/mol. The van der Waals surface area contributed by atoms with Crippen LogP contribution in [0, 0.1) is 0 Å². The number of hydrogen-bond acceptors (Lipinski definition) is 3. The van der Waals surface area contributed by atoms with Crippen molar-refractivity contribution in [2.75, 3.05) is 6.54 Å². The SMILES string of the molecule is O=C(NCCCc1ccccc1)c1cccc(S(=O)(=O)NC2CCCC2)c1. The minimum Gasteiger partial charge on any atom is -0.352 e. The van der Waals surface area contributed by atoms with Gasteiger partial charge in [-0.1, -0.05) is 49.2 Å². The fourth-order valence-electron chi connectivity index (χ4n) is 3.38. The molecule has 1 aliphatic carbocycles. The number of amides is 1. The van der Waals surface area contributed by atoms with Gasteiger partial charge in [-0.2, -0.15) is 0 Å². The molecule has 2 N–H and O–H groups in total. The molecule has 0 atom stereocenters. The lowest BCUT2D eigenvalue weighted by Gasteiger charge is -2.13. The zero-order valence-electron chi connectivity index (χ0n) is 15.4. The Morgan fingerprint density at radius 3 is 2.48 bits per heavy atom. The molecule has 0 radical (unpaired) electrons. The van der Waals surface area contributed by atoms with Crippen LogP contribution in [0.15, 0.2) is 59.5 Å². The second-order valence-electron chi connectivity index (χ2n) is 6.98. The molecule has 2 aromatic carbocycles. The van der Waals surface area contributed by atoms with Crippen molar-refractivity contribution in [3.8, 4) is 0 Å². The van der Waals surface area contributed by atoms with E-state index in [-0.39, 0.29) is 16.8 Å². The van der Waals surface area contributed by atoms with E-state index in [0.717, 1.165) is 38.5 Å². The predicted molar refractivity (Wildman–Crippen MR) is 106 cm³/mol. The van der Waals surface area contributed by atoms with Gasteiger partial charge < -0.3 is 5.32 Å². The normalized spacial score (nSPS) is 15.0. The molecule has 0 spiro atoms. The minimum atomic E-state index is -3.59. The molecule has 0 heterocycles. The first-order valence-electron chi connectivity index (χ1n) is 9.49. The molecule has 0 aliphatic heterocycles. The van der Waals surface area contributed by atoms with Gasteiger partial charge in [0, 0.05) is 18.2 Å². The fourth-order valence-corrected chi connectivity index (χ4v) is 4.73. The summed E-state index contributed by atoms with van der Waals surface area (Å²) in [7, 11) is -3.59. The number of rotatable bonds is 8. The summed E-state index contributed by atoms with van der Waals surface area (Å²) >= 11 is 0.